The first-order valence-electron chi connectivity index (χ1n) is 4.92. The Morgan fingerprint density at radius 3 is 2.81 bits per heavy atom. The number of rotatable bonds is 2. The highest BCUT2D eigenvalue weighted by atomic mass is 35.5. The van der Waals surface area contributed by atoms with Crippen molar-refractivity contribution >= 4 is 29.0 Å². The summed E-state index contributed by atoms with van der Waals surface area (Å²) < 4.78 is 0. The van der Waals surface area contributed by atoms with Gasteiger partial charge < -0.3 is 4.90 Å². The molecule has 0 unspecified atom stereocenters. The van der Waals surface area contributed by atoms with E-state index < -0.39 is 11.7 Å². The molecule has 4 heteroatoms. The molecule has 0 spiro atoms. The third kappa shape index (κ3) is 1.53. The minimum atomic E-state index is -0.523. The molecule has 1 heterocycles. The highest BCUT2D eigenvalue weighted by Crippen LogP contribution is 2.33. The molecule has 1 amide bonds. The fourth-order valence-corrected chi connectivity index (χ4v) is 1.95. The molecule has 0 saturated heterocycles. The molecule has 1 aliphatic heterocycles. The molecule has 1 aromatic carbocycles. The summed E-state index contributed by atoms with van der Waals surface area (Å²) in [7, 11) is 0. The Hall–Kier alpha value is -1.61. The van der Waals surface area contributed by atoms with Gasteiger partial charge in [-0.2, -0.15) is 0 Å². The van der Waals surface area contributed by atoms with Gasteiger partial charge in [-0.25, -0.2) is 0 Å². The number of fused-ring (bicyclic) bond motifs is 1. The van der Waals surface area contributed by atoms with Gasteiger partial charge in [0.2, 0.25) is 0 Å². The van der Waals surface area contributed by atoms with Crippen LogP contribution >= 0.6 is 11.6 Å². The molecule has 16 heavy (non-hydrogen) atoms. The maximum atomic E-state index is 11.7. The molecule has 82 valence electrons. The van der Waals surface area contributed by atoms with Crippen molar-refractivity contribution < 1.29 is 9.59 Å². The molecule has 0 bridgehead atoms. The molecule has 1 aromatic rings. The van der Waals surface area contributed by atoms with Crippen LogP contribution in [0.2, 0.25) is 5.02 Å². The fourth-order valence-electron chi connectivity index (χ4n) is 1.69. The quantitative estimate of drug-likeness (QED) is 0.583. The van der Waals surface area contributed by atoms with E-state index in [1.807, 2.05) is 19.1 Å². The first-order chi connectivity index (χ1) is 7.66. The molecular formula is C12H10ClNO2. The Morgan fingerprint density at radius 1 is 1.38 bits per heavy atom. The van der Waals surface area contributed by atoms with Crippen LogP contribution in [0.25, 0.3) is 0 Å². The van der Waals surface area contributed by atoms with E-state index in [0.29, 0.717) is 22.8 Å². The molecule has 0 saturated carbocycles. The number of carbonyl (C=O) groups is 2. The van der Waals surface area contributed by atoms with Crippen molar-refractivity contribution in [3.8, 4) is 0 Å². The van der Waals surface area contributed by atoms with Crippen LogP contribution in [0.4, 0.5) is 5.69 Å². The lowest BCUT2D eigenvalue weighted by atomic mass is 10.1. The van der Waals surface area contributed by atoms with Gasteiger partial charge in [-0.15, -0.1) is 0 Å². The minimum absolute atomic E-state index is 0.318. The third-order valence-electron chi connectivity index (χ3n) is 2.47. The summed E-state index contributed by atoms with van der Waals surface area (Å²) in [6, 6.07) is 5.08. The molecule has 0 atom stereocenters. The van der Waals surface area contributed by atoms with Crippen LogP contribution in [0, 0.1) is 0 Å². The van der Waals surface area contributed by atoms with E-state index in [0.717, 1.165) is 0 Å². The summed E-state index contributed by atoms with van der Waals surface area (Å²) in [5, 5.41) is 0.332. The van der Waals surface area contributed by atoms with Gasteiger partial charge in [0, 0.05) is 6.54 Å². The Kier molecular flexibility index (Phi) is 2.79. The summed E-state index contributed by atoms with van der Waals surface area (Å²) in [5.74, 6) is -1.04. The summed E-state index contributed by atoms with van der Waals surface area (Å²) in [6.07, 6.45) is 3.65. The highest BCUT2D eigenvalue weighted by molar-refractivity contribution is 6.55. The van der Waals surface area contributed by atoms with Gasteiger partial charge in [0.1, 0.15) is 0 Å². The first-order valence-corrected chi connectivity index (χ1v) is 5.30. The molecule has 0 aliphatic carbocycles. The van der Waals surface area contributed by atoms with Gasteiger partial charge in [0.25, 0.3) is 11.7 Å². The van der Waals surface area contributed by atoms with Crippen LogP contribution < -0.4 is 4.90 Å². The fraction of sp³-hybridized carbons (Fsp3) is 0.167. The number of benzene rings is 1. The maximum Gasteiger partial charge on any atom is 0.299 e. The van der Waals surface area contributed by atoms with Gasteiger partial charge in [0.15, 0.2) is 0 Å². The van der Waals surface area contributed by atoms with Crippen molar-refractivity contribution in [2.75, 3.05) is 11.4 Å². The summed E-state index contributed by atoms with van der Waals surface area (Å²) in [4.78, 5) is 24.8. The minimum Gasteiger partial charge on any atom is -0.301 e. The molecule has 0 aromatic heterocycles. The zero-order valence-electron chi connectivity index (χ0n) is 8.74. The van der Waals surface area contributed by atoms with Crippen LogP contribution in [-0.4, -0.2) is 18.2 Å². The van der Waals surface area contributed by atoms with Crippen molar-refractivity contribution in [1.82, 2.24) is 0 Å². The summed E-state index contributed by atoms with van der Waals surface area (Å²) in [6.45, 7) is 2.26. The van der Waals surface area contributed by atoms with Gasteiger partial charge in [-0.1, -0.05) is 29.8 Å². The number of nitrogens with zero attached hydrogens (tertiary/aromatic N) is 1. The Balaban J connectivity index is 2.50. The molecule has 0 radical (unpaired) electrons. The second kappa shape index (κ2) is 4.10. The largest absolute Gasteiger partial charge is 0.301 e. The van der Waals surface area contributed by atoms with Crippen LogP contribution in [0.5, 0.6) is 0 Å². The lowest BCUT2D eigenvalue weighted by Gasteiger charge is -2.13. The predicted molar refractivity (Wildman–Crippen MR) is 62.9 cm³/mol. The highest BCUT2D eigenvalue weighted by Gasteiger charge is 2.36. The smallest absolute Gasteiger partial charge is 0.299 e. The van der Waals surface area contributed by atoms with Crippen LogP contribution in [0.3, 0.4) is 0 Å². The molecule has 3 nitrogen and oxygen atoms in total. The third-order valence-corrected chi connectivity index (χ3v) is 2.79. The second-order valence-corrected chi connectivity index (χ2v) is 3.86. The molecular weight excluding hydrogens is 226 g/mol. The first kappa shape index (κ1) is 10.9. The molecule has 1 aliphatic rings. The van der Waals surface area contributed by atoms with Gasteiger partial charge in [-0.3, -0.25) is 9.59 Å². The average Bonchev–Trinajstić information content (AvgIpc) is 2.51. The van der Waals surface area contributed by atoms with E-state index in [-0.39, 0.29) is 0 Å². The number of halogens is 1. The number of anilines is 1. The Morgan fingerprint density at radius 2 is 2.12 bits per heavy atom. The number of carbonyl (C=O) groups excluding carboxylic acids is 2. The normalized spacial score (nSPS) is 15.0. The van der Waals surface area contributed by atoms with E-state index in [4.69, 9.17) is 11.6 Å². The second-order valence-electron chi connectivity index (χ2n) is 3.45. The number of amides is 1. The number of hydrogen-bond acceptors (Lipinski definition) is 2. The molecule has 0 fully saturated rings. The maximum absolute atomic E-state index is 11.7. The van der Waals surface area contributed by atoms with Gasteiger partial charge in [0.05, 0.1) is 16.3 Å². The standard InChI is InChI=1S/C12H10ClNO2/c1-2-3-7-14-9-6-4-5-8(13)10(9)11(15)12(14)16/h2-6H,7H2,1H3. The monoisotopic (exact) mass is 235 g/mol. The summed E-state index contributed by atoms with van der Waals surface area (Å²) >= 11 is 5.91. The van der Waals surface area contributed by atoms with Crippen molar-refractivity contribution in [3.63, 3.8) is 0 Å². The van der Waals surface area contributed by atoms with Crippen molar-refractivity contribution in [2.24, 2.45) is 0 Å². The lowest BCUT2D eigenvalue weighted by molar-refractivity contribution is -0.114. The van der Waals surface area contributed by atoms with E-state index >= 15 is 0 Å². The zero-order chi connectivity index (χ0) is 11.7. The summed E-state index contributed by atoms with van der Waals surface area (Å²) in [5.41, 5.74) is 0.916. The Labute approximate surface area is 98.3 Å². The van der Waals surface area contributed by atoms with Gasteiger partial charge >= 0.3 is 0 Å². The molecule has 2 rings (SSSR count). The van der Waals surface area contributed by atoms with E-state index in [1.54, 1.807) is 18.2 Å². The number of Topliss-reactive ketones (excluding diaryl/α,β-unsaturated/α-hetero) is 1. The van der Waals surface area contributed by atoms with Gasteiger partial charge in [-0.05, 0) is 19.1 Å². The zero-order valence-corrected chi connectivity index (χ0v) is 9.49. The number of ketones is 1. The van der Waals surface area contributed by atoms with Crippen molar-refractivity contribution in [1.29, 1.82) is 0 Å². The Bertz CT molecular complexity index is 494. The average molecular weight is 236 g/mol. The number of hydrogen-bond donors (Lipinski definition) is 0. The van der Waals surface area contributed by atoms with Crippen molar-refractivity contribution in [3.05, 3.63) is 40.9 Å². The number of allylic oxidation sites excluding steroid dienone is 1. The topological polar surface area (TPSA) is 37.4 Å². The van der Waals surface area contributed by atoms with E-state index in [2.05, 4.69) is 0 Å². The van der Waals surface area contributed by atoms with E-state index in [1.165, 1.54) is 4.90 Å². The van der Waals surface area contributed by atoms with E-state index in [9.17, 15) is 9.59 Å². The van der Waals surface area contributed by atoms with Crippen LogP contribution in [-0.2, 0) is 4.79 Å². The van der Waals surface area contributed by atoms with Crippen LogP contribution in [0.1, 0.15) is 17.3 Å². The molecule has 0 N–H and O–H groups in total. The predicted octanol–water partition coefficient (Wildman–Crippen LogP) is 2.45. The lowest BCUT2D eigenvalue weighted by Crippen LogP contribution is -2.29. The SMILES string of the molecule is CC=CCN1C(=O)C(=O)c2c(Cl)cccc21. The van der Waals surface area contributed by atoms with Crippen LogP contribution in [0.15, 0.2) is 30.4 Å². The van der Waals surface area contributed by atoms with Crippen molar-refractivity contribution in [2.45, 2.75) is 6.92 Å².